The molecule has 1 saturated carbocycles. The van der Waals surface area contributed by atoms with Gasteiger partial charge < -0.3 is 4.90 Å². The molecule has 1 fully saturated rings. The van der Waals surface area contributed by atoms with Crippen LogP contribution in [-0.4, -0.2) is 28.0 Å². The molecule has 1 spiro atoms. The molecule has 15 heavy (non-hydrogen) atoms. The van der Waals surface area contributed by atoms with Crippen LogP contribution in [0.15, 0.2) is 16.1 Å². The van der Waals surface area contributed by atoms with Crippen molar-refractivity contribution >= 4 is 28.5 Å². The number of thioether (sulfide) groups is 1. The van der Waals surface area contributed by atoms with Crippen molar-refractivity contribution < 1.29 is 0 Å². The van der Waals surface area contributed by atoms with E-state index in [-0.39, 0.29) is 5.54 Å². The monoisotopic (exact) mass is 242 g/mol. The van der Waals surface area contributed by atoms with Gasteiger partial charge in [-0.25, -0.2) is 0 Å². The molecule has 2 aliphatic heterocycles. The molecule has 0 aromatic carbocycles. The molecule has 0 amide bonds. The fraction of sp³-hybridized carbons (Fsp3) is 0.727. The maximum absolute atomic E-state index is 5.92. The van der Waals surface area contributed by atoms with E-state index in [9.17, 15) is 0 Å². The van der Waals surface area contributed by atoms with Crippen molar-refractivity contribution in [3.05, 3.63) is 11.1 Å². The van der Waals surface area contributed by atoms with E-state index < -0.39 is 0 Å². The smallest absolute Gasteiger partial charge is 0.168 e. The SMILES string of the molecule is ClCC1=CSC2=NC3(CCCCC3)CN12. The predicted molar refractivity (Wildman–Crippen MR) is 66.4 cm³/mol. The lowest BCUT2D eigenvalue weighted by Crippen LogP contribution is -2.36. The normalized spacial score (nSPS) is 27.9. The highest BCUT2D eigenvalue weighted by Crippen LogP contribution is 2.42. The minimum atomic E-state index is 0.242. The number of alkyl halides is 1. The fourth-order valence-electron chi connectivity index (χ4n) is 2.74. The largest absolute Gasteiger partial charge is 0.321 e. The summed E-state index contributed by atoms with van der Waals surface area (Å²) in [5.74, 6) is 0.613. The highest BCUT2D eigenvalue weighted by molar-refractivity contribution is 8.16. The highest BCUT2D eigenvalue weighted by atomic mass is 35.5. The Bertz CT molecular complexity index is 331. The number of hydrogen-bond acceptors (Lipinski definition) is 3. The number of hydrogen-bond donors (Lipinski definition) is 0. The molecule has 82 valence electrons. The number of aliphatic imine (C=N–C) groups is 1. The Kier molecular flexibility index (Phi) is 2.48. The van der Waals surface area contributed by atoms with Gasteiger partial charge in [0, 0.05) is 5.70 Å². The third-order valence-electron chi connectivity index (χ3n) is 3.58. The Labute approximate surface area is 99.8 Å². The molecule has 1 aliphatic carbocycles. The van der Waals surface area contributed by atoms with E-state index in [1.165, 1.54) is 43.0 Å². The molecule has 0 unspecified atom stereocenters. The van der Waals surface area contributed by atoms with Crippen LogP contribution >= 0.6 is 23.4 Å². The molecule has 2 nitrogen and oxygen atoms in total. The molecule has 3 rings (SSSR count). The lowest BCUT2D eigenvalue weighted by molar-refractivity contribution is 0.280. The zero-order chi connectivity index (χ0) is 10.3. The van der Waals surface area contributed by atoms with E-state index in [0.717, 1.165) is 6.54 Å². The first kappa shape index (κ1) is 10.0. The van der Waals surface area contributed by atoms with Crippen LogP contribution in [0.2, 0.25) is 0 Å². The highest BCUT2D eigenvalue weighted by Gasteiger charge is 2.42. The standard InChI is InChI=1S/C11H15ClN2S/c12-6-9-7-15-10-13-11(8-14(9)10)4-2-1-3-5-11/h7H,1-6,8H2. The number of amidine groups is 1. The number of fused-ring (bicyclic) bond motifs is 1. The zero-order valence-corrected chi connectivity index (χ0v) is 10.3. The molecule has 0 bridgehead atoms. The molecule has 3 aliphatic rings. The van der Waals surface area contributed by atoms with Crippen molar-refractivity contribution in [3.63, 3.8) is 0 Å². The van der Waals surface area contributed by atoms with Gasteiger partial charge in [0.25, 0.3) is 0 Å². The second kappa shape index (κ2) is 3.70. The Hall–Kier alpha value is -0.150. The summed E-state index contributed by atoms with van der Waals surface area (Å²) in [5, 5.41) is 3.33. The quantitative estimate of drug-likeness (QED) is 0.657. The van der Waals surface area contributed by atoms with Crippen LogP contribution in [0.4, 0.5) is 0 Å². The summed E-state index contributed by atoms with van der Waals surface area (Å²) in [6, 6.07) is 0. The summed E-state index contributed by atoms with van der Waals surface area (Å²) in [6.07, 6.45) is 6.61. The second-order valence-corrected chi connectivity index (χ2v) is 5.73. The maximum Gasteiger partial charge on any atom is 0.168 e. The molecule has 4 heteroatoms. The number of nitrogens with zero attached hydrogens (tertiary/aromatic N) is 2. The van der Waals surface area contributed by atoms with Crippen LogP contribution in [0.1, 0.15) is 32.1 Å². The molecular formula is C11H15ClN2S. The van der Waals surface area contributed by atoms with E-state index in [2.05, 4.69) is 10.3 Å². The summed E-state index contributed by atoms with van der Waals surface area (Å²) in [7, 11) is 0. The summed E-state index contributed by atoms with van der Waals surface area (Å²) in [4.78, 5) is 7.26. The van der Waals surface area contributed by atoms with Crippen LogP contribution in [0.3, 0.4) is 0 Å². The van der Waals surface area contributed by atoms with Crippen molar-refractivity contribution in [2.24, 2.45) is 4.99 Å². The Morgan fingerprint density at radius 1 is 1.40 bits per heavy atom. The van der Waals surface area contributed by atoms with Gasteiger partial charge in [0.15, 0.2) is 5.17 Å². The van der Waals surface area contributed by atoms with E-state index in [1.807, 2.05) is 0 Å². The molecule has 2 heterocycles. The third kappa shape index (κ3) is 1.60. The van der Waals surface area contributed by atoms with Gasteiger partial charge in [-0.15, -0.1) is 11.6 Å². The van der Waals surface area contributed by atoms with E-state index in [1.54, 1.807) is 11.8 Å². The van der Waals surface area contributed by atoms with Gasteiger partial charge in [-0.3, -0.25) is 4.99 Å². The summed E-state index contributed by atoms with van der Waals surface area (Å²) in [6.45, 7) is 1.08. The van der Waals surface area contributed by atoms with Crippen molar-refractivity contribution in [2.75, 3.05) is 12.4 Å². The average Bonchev–Trinajstić information content (AvgIpc) is 2.76. The minimum Gasteiger partial charge on any atom is -0.321 e. The van der Waals surface area contributed by atoms with E-state index in [0.29, 0.717) is 5.88 Å². The Balaban J connectivity index is 1.81. The molecule has 0 radical (unpaired) electrons. The first-order valence-electron chi connectivity index (χ1n) is 5.62. The topological polar surface area (TPSA) is 15.6 Å². The third-order valence-corrected chi connectivity index (χ3v) is 4.77. The maximum atomic E-state index is 5.92. The van der Waals surface area contributed by atoms with Crippen LogP contribution < -0.4 is 0 Å². The van der Waals surface area contributed by atoms with Gasteiger partial charge in [0.2, 0.25) is 0 Å². The molecular weight excluding hydrogens is 228 g/mol. The summed E-state index contributed by atoms with van der Waals surface area (Å²) < 4.78 is 0. The molecule has 0 aromatic heterocycles. The van der Waals surface area contributed by atoms with Crippen LogP contribution in [0.5, 0.6) is 0 Å². The Morgan fingerprint density at radius 3 is 2.93 bits per heavy atom. The van der Waals surface area contributed by atoms with Crippen molar-refractivity contribution in [2.45, 2.75) is 37.6 Å². The number of rotatable bonds is 1. The fourth-order valence-corrected chi connectivity index (χ4v) is 4.06. The van der Waals surface area contributed by atoms with Gasteiger partial charge in [0.1, 0.15) is 0 Å². The second-order valence-electron chi connectivity index (χ2n) is 4.63. The molecule has 0 aromatic rings. The minimum absolute atomic E-state index is 0.242. The van der Waals surface area contributed by atoms with Gasteiger partial charge in [-0.1, -0.05) is 31.0 Å². The average molecular weight is 243 g/mol. The van der Waals surface area contributed by atoms with Gasteiger partial charge in [0.05, 0.1) is 18.0 Å². The number of allylic oxidation sites excluding steroid dienone is 1. The van der Waals surface area contributed by atoms with Gasteiger partial charge in [-0.05, 0) is 18.2 Å². The predicted octanol–water partition coefficient (Wildman–Crippen LogP) is 3.19. The van der Waals surface area contributed by atoms with E-state index in [4.69, 9.17) is 16.6 Å². The molecule has 0 atom stereocenters. The van der Waals surface area contributed by atoms with Gasteiger partial charge >= 0.3 is 0 Å². The van der Waals surface area contributed by atoms with Crippen LogP contribution in [-0.2, 0) is 0 Å². The van der Waals surface area contributed by atoms with Crippen molar-refractivity contribution in [1.29, 1.82) is 0 Å². The Morgan fingerprint density at radius 2 is 2.20 bits per heavy atom. The van der Waals surface area contributed by atoms with Crippen LogP contribution in [0, 0.1) is 0 Å². The molecule has 0 saturated heterocycles. The van der Waals surface area contributed by atoms with Crippen LogP contribution in [0.25, 0.3) is 0 Å². The number of halogens is 1. The first-order valence-corrected chi connectivity index (χ1v) is 7.03. The lowest BCUT2D eigenvalue weighted by Gasteiger charge is -2.31. The summed E-state index contributed by atoms with van der Waals surface area (Å²) in [5.41, 5.74) is 1.48. The molecule has 0 N–H and O–H groups in total. The first-order chi connectivity index (χ1) is 7.33. The zero-order valence-electron chi connectivity index (χ0n) is 8.71. The van der Waals surface area contributed by atoms with Crippen molar-refractivity contribution in [1.82, 2.24) is 4.90 Å². The van der Waals surface area contributed by atoms with Crippen molar-refractivity contribution in [3.8, 4) is 0 Å². The van der Waals surface area contributed by atoms with E-state index >= 15 is 0 Å². The lowest BCUT2D eigenvalue weighted by atomic mass is 9.82. The van der Waals surface area contributed by atoms with Gasteiger partial charge in [-0.2, -0.15) is 0 Å². The summed E-state index contributed by atoms with van der Waals surface area (Å²) >= 11 is 7.67.